The average molecular weight is 357 g/mol. The number of sulfone groups is 1. The second-order valence-electron chi connectivity index (χ2n) is 4.11. The molecule has 2 N–H and O–H groups in total. The molecule has 0 radical (unpaired) electrons. The molecule has 0 atom stereocenters. The molecule has 0 aliphatic carbocycles. The summed E-state index contributed by atoms with van der Waals surface area (Å²) in [6.07, 6.45) is 1.41. The lowest BCUT2D eigenvalue weighted by Crippen LogP contribution is -2.10. The van der Waals surface area contributed by atoms with Crippen LogP contribution in [0.3, 0.4) is 0 Å². The molecule has 7 heteroatoms. The van der Waals surface area contributed by atoms with Gasteiger partial charge in [0.1, 0.15) is 5.75 Å². The average Bonchev–Trinajstić information content (AvgIpc) is 2.41. The van der Waals surface area contributed by atoms with Crippen molar-refractivity contribution in [3.05, 3.63) is 46.6 Å². The summed E-state index contributed by atoms with van der Waals surface area (Å²) in [5.74, 6) is 0.388. The minimum Gasteiger partial charge on any atom is -0.497 e. The lowest BCUT2D eigenvalue weighted by atomic mass is 10.2. The first-order valence-corrected chi connectivity index (χ1v) is 8.14. The maximum Gasteiger partial charge on any atom is 0.201 e. The molecule has 1 heterocycles. The smallest absolute Gasteiger partial charge is 0.201 e. The van der Waals surface area contributed by atoms with Crippen molar-refractivity contribution in [1.29, 1.82) is 0 Å². The number of halogens is 1. The molecule has 2 aromatic rings. The van der Waals surface area contributed by atoms with Gasteiger partial charge in [-0.05, 0) is 35.9 Å². The van der Waals surface area contributed by atoms with Gasteiger partial charge in [0, 0.05) is 10.7 Å². The normalized spacial score (nSPS) is 11.3. The van der Waals surface area contributed by atoms with Gasteiger partial charge in [-0.15, -0.1) is 0 Å². The zero-order valence-electron chi connectivity index (χ0n) is 10.7. The van der Waals surface area contributed by atoms with Crippen molar-refractivity contribution in [3.63, 3.8) is 0 Å². The standard InChI is InChI=1S/C13H13BrN2O3S/c1-19-10-4-5-11(14)9(7-10)8-20(17,18)13-12(15)3-2-6-16-13/h2-7H,8,15H2,1H3. The molecule has 0 unspecified atom stereocenters. The van der Waals surface area contributed by atoms with E-state index in [1.165, 1.54) is 19.4 Å². The molecule has 5 nitrogen and oxygen atoms in total. The Kier molecular flexibility index (Phi) is 4.29. The van der Waals surface area contributed by atoms with E-state index in [1.54, 1.807) is 24.3 Å². The molecule has 0 saturated heterocycles. The number of benzene rings is 1. The number of aromatic nitrogens is 1. The first kappa shape index (κ1) is 14.8. The number of rotatable bonds is 4. The molecule has 0 aliphatic heterocycles. The highest BCUT2D eigenvalue weighted by atomic mass is 79.9. The van der Waals surface area contributed by atoms with E-state index >= 15 is 0 Å². The molecule has 2 rings (SSSR count). The van der Waals surface area contributed by atoms with Gasteiger partial charge >= 0.3 is 0 Å². The zero-order valence-corrected chi connectivity index (χ0v) is 13.1. The van der Waals surface area contributed by atoms with E-state index < -0.39 is 9.84 Å². The van der Waals surface area contributed by atoms with Crippen molar-refractivity contribution in [2.45, 2.75) is 10.8 Å². The summed E-state index contributed by atoms with van der Waals surface area (Å²) in [6, 6.07) is 8.26. The monoisotopic (exact) mass is 356 g/mol. The van der Waals surface area contributed by atoms with Gasteiger partial charge in [-0.3, -0.25) is 0 Å². The molecule has 106 valence electrons. The van der Waals surface area contributed by atoms with E-state index in [2.05, 4.69) is 20.9 Å². The molecule has 0 spiro atoms. The molecule has 0 bridgehead atoms. The quantitative estimate of drug-likeness (QED) is 0.909. The van der Waals surface area contributed by atoms with Crippen molar-refractivity contribution in [2.24, 2.45) is 0 Å². The molecular weight excluding hydrogens is 344 g/mol. The van der Waals surface area contributed by atoms with Crippen molar-refractivity contribution >= 4 is 31.5 Å². The number of hydrogen-bond donors (Lipinski definition) is 1. The van der Waals surface area contributed by atoms with Crippen molar-refractivity contribution in [1.82, 2.24) is 4.98 Å². The van der Waals surface area contributed by atoms with Gasteiger partial charge in [0.15, 0.2) is 5.03 Å². The van der Waals surface area contributed by atoms with Crippen LogP contribution in [-0.4, -0.2) is 20.5 Å². The number of pyridine rings is 1. The number of anilines is 1. The minimum atomic E-state index is -3.61. The molecular formula is C13H13BrN2O3S. The number of nitrogens with two attached hydrogens (primary N) is 1. The first-order chi connectivity index (χ1) is 9.44. The summed E-state index contributed by atoms with van der Waals surface area (Å²) in [6.45, 7) is 0. The van der Waals surface area contributed by atoms with Crippen LogP contribution in [-0.2, 0) is 15.6 Å². The van der Waals surface area contributed by atoms with Crippen molar-refractivity contribution < 1.29 is 13.2 Å². The van der Waals surface area contributed by atoms with Crippen molar-refractivity contribution in [3.8, 4) is 5.75 Å². The third kappa shape index (κ3) is 3.10. The number of nitrogens with zero attached hydrogens (tertiary/aromatic N) is 1. The largest absolute Gasteiger partial charge is 0.497 e. The van der Waals surface area contributed by atoms with E-state index in [9.17, 15) is 8.42 Å². The lowest BCUT2D eigenvalue weighted by molar-refractivity contribution is 0.414. The Morgan fingerprint density at radius 1 is 1.35 bits per heavy atom. The Labute approximate surface area is 125 Å². The summed E-state index contributed by atoms with van der Waals surface area (Å²) in [5, 5.41) is -0.102. The highest BCUT2D eigenvalue weighted by Crippen LogP contribution is 2.27. The minimum absolute atomic E-state index is 0.102. The van der Waals surface area contributed by atoms with E-state index in [0.29, 0.717) is 15.8 Å². The summed E-state index contributed by atoms with van der Waals surface area (Å²) in [7, 11) is -2.09. The predicted octanol–water partition coefficient (Wildman–Crippen LogP) is 2.41. The van der Waals surface area contributed by atoms with E-state index in [-0.39, 0.29) is 16.5 Å². The second-order valence-corrected chi connectivity index (χ2v) is 6.87. The Bertz CT molecular complexity index is 732. The molecule has 0 aliphatic rings. The Balaban J connectivity index is 2.41. The SMILES string of the molecule is COc1ccc(Br)c(CS(=O)(=O)c2ncccc2N)c1. The lowest BCUT2D eigenvalue weighted by Gasteiger charge is -2.09. The fourth-order valence-corrected chi connectivity index (χ4v) is 3.73. The second kappa shape index (κ2) is 5.80. The van der Waals surface area contributed by atoms with E-state index in [1.807, 2.05) is 0 Å². The number of hydrogen-bond acceptors (Lipinski definition) is 5. The van der Waals surface area contributed by atoms with Crippen molar-refractivity contribution in [2.75, 3.05) is 12.8 Å². The van der Waals surface area contributed by atoms with Gasteiger partial charge < -0.3 is 10.5 Å². The van der Waals surface area contributed by atoms with Gasteiger partial charge in [-0.1, -0.05) is 15.9 Å². The fourth-order valence-electron chi connectivity index (χ4n) is 1.72. The van der Waals surface area contributed by atoms with Gasteiger partial charge in [-0.25, -0.2) is 13.4 Å². The van der Waals surface area contributed by atoms with Crippen LogP contribution in [0.5, 0.6) is 5.75 Å². The van der Waals surface area contributed by atoms with Crippen LogP contribution in [0.1, 0.15) is 5.56 Å². The number of methoxy groups -OCH3 is 1. The first-order valence-electron chi connectivity index (χ1n) is 5.69. The van der Waals surface area contributed by atoms with Crippen LogP contribution < -0.4 is 10.5 Å². The number of nitrogen functional groups attached to an aromatic ring is 1. The maximum absolute atomic E-state index is 12.4. The Morgan fingerprint density at radius 2 is 2.10 bits per heavy atom. The van der Waals surface area contributed by atoms with Gasteiger partial charge in [-0.2, -0.15) is 0 Å². The highest BCUT2D eigenvalue weighted by Gasteiger charge is 2.21. The maximum atomic E-state index is 12.4. The number of ether oxygens (including phenoxy) is 1. The summed E-state index contributed by atoms with van der Waals surface area (Å²) < 4.78 is 30.5. The Hall–Kier alpha value is -1.60. The van der Waals surface area contributed by atoms with Crippen LogP contribution in [0.2, 0.25) is 0 Å². The molecule has 1 aromatic heterocycles. The van der Waals surface area contributed by atoms with Crippen LogP contribution in [0.4, 0.5) is 5.69 Å². The van der Waals surface area contributed by atoms with Crippen LogP contribution in [0, 0.1) is 0 Å². The molecule has 1 aromatic carbocycles. The fraction of sp³-hybridized carbons (Fsp3) is 0.154. The van der Waals surface area contributed by atoms with E-state index in [0.717, 1.165) is 0 Å². The molecule has 0 fully saturated rings. The van der Waals surface area contributed by atoms with Crippen LogP contribution in [0.15, 0.2) is 46.0 Å². The summed E-state index contributed by atoms with van der Waals surface area (Å²) >= 11 is 3.33. The topological polar surface area (TPSA) is 82.3 Å². The predicted molar refractivity (Wildman–Crippen MR) is 80.2 cm³/mol. The van der Waals surface area contributed by atoms with Gasteiger partial charge in [0.25, 0.3) is 0 Å². The molecule has 0 saturated carbocycles. The van der Waals surface area contributed by atoms with E-state index in [4.69, 9.17) is 10.5 Å². The zero-order chi connectivity index (χ0) is 14.8. The third-order valence-corrected chi connectivity index (χ3v) is 5.09. The van der Waals surface area contributed by atoms with Crippen LogP contribution in [0.25, 0.3) is 0 Å². The molecule has 0 amide bonds. The van der Waals surface area contributed by atoms with Gasteiger partial charge in [0.2, 0.25) is 9.84 Å². The highest BCUT2D eigenvalue weighted by molar-refractivity contribution is 9.10. The summed E-state index contributed by atoms with van der Waals surface area (Å²) in [4.78, 5) is 3.86. The van der Waals surface area contributed by atoms with Crippen LogP contribution >= 0.6 is 15.9 Å². The Morgan fingerprint density at radius 3 is 2.75 bits per heavy atom. The molecule has 20 heavy (non-hydrogen) atoms. The van der Waals surface area contributed by atoms with Gasteiger partial charge in [0.05, 0.1) is 18.6 Å². The summed E-state index contributed by atoms with van der Waals surface area (Å²) in [5.41, 5.74) is 6.41. The third-order valence-electron chi connectivity index (χ3n) is 2.69.